The van der Waals surface area contributed by atoms with Crippen molar-refractivity contribution in [2.45, 2.75) is 13.5 Å². The van der Waals surface area contributed by atoms with Gasteiger partial charge in [0.15, 0.2) is 17.3 Å². The van der Waals surface area contributed by atoms with Gasteiger partial charge in [0, 0.05) is 22.7 Å². The number of para-hydroxylation sites is 3. The Morgan fingerprint density at radius 2 is 1.84 bits per heavy atom. The minimum Gasteiger partial charge on any atom is -0.493 e. The monoisotopic (exact) mass is 537 g/mol. The molecule has 1 amide bonds. The minimum atomic E-state index is -3.59. The Labute approximate surface area is 217 Å². The molecular formula is C25H23N5O5S2. The molecular weight excluding hydrogens is 514 g/mol. The molecule has 0 spiro atoms. The fourth-order valence-electron chi connectivity index (χ4n) is 3.95. The number of hydrogen-bond acceptors (Lipinski definition) is 8. The van der Waals surface area contributed by atoms with Gasteiger partial charge in [0.25, 0.3) is 5.91 Å². The Hall–Kier alpha value is -3.90. The SMILES string of the molecule is CCS(=O)(=O)C1=NN2C(=N)/C(=C\c3cn(CCOc4ccccc4OC)c4ccccc34)C(=O)N=C2S1. The van der Waals surface area contributed by atoms with E-state index >= 15 is 0 Å². The van der Waals surface area contributed by atoms with E-state index in [1.807, 2.05) is 59.3 Å². The van der Waals surface area contributed by atoms with Crippen molar-refractivity contribution in [2.75, 3.05) is 19.5 Å². The van der Waals surface area contributed by atoms with E-state index in [0.29, 0.717) is 24.7 Å². The second-order valence-electron chi connectivity index (χ2n) is 8.08. The van der Waals surface area contributed by atoms with Crippen molar-refractivity contribution in [3.8, 4) is 11.5 Å². The van der Waals surface area contributed by atoms with Crippen LogP contribution < -0.4 is 9.47 Å². The molecule has 12 heteroatoms. The molecule has 0 unspecified atom stereocenters. The number of nitrogens with one attached hydrogen (secondary N) is 1. The highest BCUT2D eigenvalue weighted by Gasteiger charge is 2.39. The molecule has 2 aromatic carbocycles. The van der Waals surface area contributed by atoms with Crippen molar-refractivity contribution < 1.29 is 22.7 Å². The highest BCUT2D eigenvalue weighted by atomic mass is 32.3. The minimum absolute atomic E-state index is 0.0245. The van der Waals surface area contributed by atoms with Gasteiger partial charge in [0.05, 0.1) is 25.0 Å². The van der Waals surface area contributed by atoms with Gasteiger partial charge in [0.2, 0.25) is 19.4 Å². The lowest BCUT2D eigenvalue weighted by Crippen LogP contribution is -2.35. The number of sulfone groups is 1. The summed E-state index contributed by atoms with van der Waals surface area (Å²) in [6.45, 7) is 2.42. The third-order valence-electron chi connectivity index (χ3n) is 5.86. The molecule has 3 heterocycles. The summed E-state index contributed by atoms with van der Waals surface area (Å²) in [7, 11) is -2.00. The van der Waals surface area contributed by atoms with Gasteiger partial charge >= 0.3 is 0 Å². The van der Waals surface area contributed by atoms with Crippen LogP contribution in [0.4, 0.5) is 0 Å². The molecule has 0 fully saturated rings. The number of methoxy groups -OCH3 is 1. The first-order valence-electron chi connectivity index (χ1n) is 11.4. The van der Waals surface area contributed by atoms with Crippen molar-refractivity contribution in [1.82, 2.24) is 9.58 Å². The van der Waals surface area contributed by atoms with Crippen LogP contribution in [0.15, 0.2) is 70.4 Å². The van der Waals surface area contributed by atoms with Crippen molar-refractivity contribution >= 4 is 59.9 Å². The quantitative estimate of drug-likeness (QED) is 0.455. The summed E-state index contributed by atoms with van der Waals surface area (Å²) in [6, 6.07) is 15.1. The van der Waals surface area contributed by atoms with Crippen molar-refractivity contribution in [1.29, 1.82) is 5.41 Å². The van der Waals surface area contributed by atoms with Crippen LogP contribution in [0.25, 0.3) is 17.0 Å². The maximum absolute atomic E-state index is 12.8. The Kier molecular flexibility index (Phi) is 6.61. The maximum atomic E-state index is 12.8. The van der Waals surface area contributed by atoms with Gasteiger partial charge in [-0.05, 0) is 36.0 Å². The van der Waals surface area contributed by atoms with Gasteiger partial charge in [-0.15, -0.1) is 5.10 Å². The Morgan fingerprint density at radius 1 is 1.11 bits per heavy atom. The van der Waals surface area contributed by atoms with Crippen LogP contribution >= 0.6 is 11.8 Å². The number of hydrogen-bond donors (Lipinski definition) is 1. The lowest BCUT2D eigenvalue weighted by molar-refractivity contribution is -0.114. The molecule has 2 aliphatic rings. The fraction of sp³-hybridized carbons (Fsp3) is 0.200. The van der Waals surface area contributed by atoms with Crippen LogP contribution in [0, 0.1) is 5.41 Å². The van der Waals surface area contributed by atoms with Gasteiger partial charge in [0.1, 0.15) is 6.61 Å². The maximum Gasteiger partial charge on any atom is 0.283 e. The topological polar surface area (TPSA) is 126 Å². The number of hydrazone groups is 1. The van der Waals surface area contributed by atoms with E-state index in [1.165, 1.54) is 6.92 Å². The molecule has 0 saturated carbocycles. The first-order valence-corrected chi connectivity index (χ1v) is 13.9. The van der Waals surface area contributed by atoms with Crippen LogP contribution in [0.1, 0.15) is 12.5 Å². The summed E-state index contributed by atoms with van der Waals surface area (Å²) in [5, 5.41) is 14.7. The zero-order valence-corrected chi connectivity index (χ0v) is 21.7. The largest absolute Gasteiger partial charge is 0.493 e. The standard InChI is InChI=1S/C25H23N5O5S2/c1-3-37(32,33)25-28-30-22(26)18(23(31)27-24(30)36-25)14-16-15-29(19-9-5-4-8-17(16)19)12-13-35-21-11-7-6-10-20(21)34-2/h4-11,14-15,26H,3,12-13H2,1-2H3/b18-14+,26-22?. The second kappa shape index (κ2) is 9.87. The predicted octanol–water partition coefficient (Wildman–Crippen LogP) is 3.74. The summed E-state index contributed by atoms with van der Waals surface area (Å²) in [5.41, 5.74) is 1.68. The summed E-state index contributed by atoms with van der Waals surface area (Å²) in [4.78, 5) is 16.8. The average Bonchev–Trinajstić information content (AvgIpc) is 3.49. The van der Waals surface area contributed by atoms with Gasteiger partial charge in [-0.2, -0.15) is 10.0 Å². The molecule has 190 valence electrons. The van der Waals surface area contributed by atoms with E-state index in [9.17, 15) is 13.2 Å². The summed E-state index contributed by atoms with van der Waals surface area (Å²) < 4.78 is 37.6. The van der Waals surface area contributed by atoms with Gasteiger partial charge in [-0.3, -0.25) is 10.2 Å². The normalized spacial score (nSPS) is 16.7. The highest BCUT2D eigenvalue weighted by Crippen LogP contribution is 2.32. The van der Waals surface area contributed by atoms with Crippen molar-refractivity contribution in [2.24, 2.45) is 10.1 Å². The third kappa shape index (κ3) is 4.65. The molecule has 37 heavy (non-hydrogen) atoms. The van der Waals surface area contributed by atoms with Crippen molar-refractivity contribution in [3.05, 3.63) is 65.9 Å². The lowest BCUT2D eigenvalue weighted by Gasteiger charge is -2.19. The average molecular weight is 538 g/mol. The third-order valence-corrected chi connectivity index (χ3v) is 8.95. The number of ether oxygens (including phenoxy) is 2. The molecule has 0 radical (unpaired) electrons. The van der Waals surface area contributed by atoms with E-state index in [-0.39, 0.29) is 26.7 Å². The molecule has 0 aliphatic carbocycles. The highest BCUT2D eigenvalue weighted by molar-refractivity contribution is 8.42. The van der Waals surface area contributed by atoms with Crippen LogP contribution in [-0.2, 0) is 21.2 Å². The number of carbonyl (C=O) groups excluding carboxylic acids is 1. The van der Waals surface area contributed by atoms with Crippen LogP contribution in [0.3, 0.4) is 0 Å². The Morgan fingerprint density at radius 3 is 2.59 bits per heavy atom. The van der Waals surface area contributed by atoms with E-state index in [2.05, 4.69) is 10.1 Å². The first-order chi connectivity index (χ1) is 17.8. The molecule has 1 aromatic heterocycles. The Bertz CT molecular complexity index is 1620. The molecule has 5 rings (SSSR count). The molecule has 2 aliphatic heterocycles. The predicted molar refractivity (Wildman–Crippen MR) is 145 cm³/mol. The number of fused-ring (bicyclic) bond motifs is 2. The number of amidine groups is 2. The number of aromatic nitrogens is 1. The smallest absolute Gasteiger partial charge is 0.283 e. The molecule has 3 aromatic rings. The summed E-state index contributed by atoms with van der Waals surface area (Å²) >= 11 is 0.781. The first kappa shape index (κ1) is 24.8. The number of benzene rings is 2. The van der Waals surface area contributed by atoms with Crippen LogP contribution in [0.5, 0.6) is 11.5 Å². The fourth-order valence-corrected chi connectivity index (χ4v) is 6.11. The number of thioether (sulfide) groups is 1. The van der Waals surface area contributed by atoms with Crippen molar-refractivity contribution in [3.63, 3.8) is 0 Å². The lowest BCUT2D eigenvalue weighted by atomic mass is 10.1. The number of amides is 1. The zero-order valence-electron chi connectivity index (χ0n) is 20.0. The van der Waals surface area contributed by atoms with E-state index in [4.69, 9.17) is 14.9 Å². The summed E-state index contributed by atoms with van der Waals surface area (Å²) in [6.07, 6.45) is 3.48. The number of rotatable bonds is 7. The molecule has 1 N–H and O–H groups in total. The zero-order chi connectivity index (χ0) is 26.2. The van der Waals surface area contributed by atoms with E-state index in [0.717, 1.165) is 33.2 Å². The number of aliphatic imine (C=N–C) groups is 1. The second-order valence-corrected chi connectivity index (χ2v) is 11.5. The molecule has 0 saturated heterocycles. The van der Waals surface area contributed by atoms with Crippen LogP contribution in [0.2, 0.25) is 0 Å². The molecule has 10 nitrogen and oxygen atoms in total. The van der Waals surface area contributed by atoms with E-state index in [1.54, 1.807) is 13.2 Å². The number of carbonyl (C=O) groups is 1. The summed E-state index contributed by atoms with van der Waals surface area (Å²) in [5.74, 6) is 0.319. The Balaban J connectivity index is 1.43. The molecule has 0 atom stereocenters. The van der Waals surface area contributed by atoms with E-state index < -0.39 is 15.7 Å². The van der Waals surface area contributed by atoms with Gasteiger partial charge < -0.3 is 14.0 Å². The van der Waals surface area contributed by atoms with Gasteiger partial charge in [-0.1, -0.05) is 37.3 Å². The van der Waals surface area contributed by atoms with Gasteiger partial charge in [-0.25, -0.2) is 8.42 Å². The number of nitrogens with zero attached hydrogens (tertiary/aromatic N) is 4. The molecule has 0 bridgehead atoms. The van der Waals surface area contributed by atoms with Crippen LogP contribution in [-0.4, -0.2) is 58.7 Å².